The SMILES string of the molecule is CN(c1cc(F)c(S(=O)(=O)Nc2ncns2)c(F)c1Cl)[C@H]1CCNC1.Cl. The van der Waals surface area contributed by atoms with Gasteiger partial charge in [-0.15, -0.1) is 12.4 Å². The van der Waals surface area contributed by atoms with Crippen LogP contribution in [0.3, 0.4) is 0 Å². The van der Waals surface area contributed by atoms with Gasteiger partial charge in [0.1, 0.15) is 17.2 Å². The molecule has 26 heavy (non-hydrogen) atoms. The minimum Gasteiger partial charge on any atom is -0.369 e. The Kier molecular flexibility index (Phi) is 6.61. The maximum absolute atomic E-state index is 14.6. The monoisotopic (exact) mass is 445 g/mol. The summed E-state index contributed by atoms with van der Waals surface area (Å²) in [6.07, 6.45) is 1.91. The van der Waals surface area contributed by atoms with Gasteiger partial charge in [-0.25, -0.2) is 22.2 Å². The van der Waals surface area contributed by atoms with Crippen molar-refractivity contribution in [3.63, 3.8) is 0 Å². The summed E-state index contributed by atoms with van der Waals surface area (Å²) in [5.74, 6) is -2.57. The number of anilines is 2. The molecule has 13 heteroatoms. The van der Waals surface area contributed by atoms with E-state index in [-0.39, 0.29) is 29.3 Å². The number of hydrogen-bond donors (Lipinski definition) is 2. The lowest BCUT2D eigenvalue weighted by molar-refractivity contribution is 0.520. The molecule has 1 aromatic heterocycles. The van der Waals surface area contributed by atoms with Gasteiger partial charge in [-0.3, -0.25) is 4.72 Å². The highest BCUT2D eigenvalue weighted by atomic mass is 35.5. The summed E-state index contributed by atoms with van der Waals surface area (Å²) in [5, 5.41) is 2.59. The molecule has 1 saturated heterocycles. The first kappa shape index (κ1) is 21.0. The molecule has 1 aliphatic heterocycles. The van der Waals surface area contributed by atoms with E-state index in [0.29, 0.717) is 6.54 Å². The highest BCUT2D eigenvalue weighted by molar-refractivity contribution is 7.93. The van der Waals surface area contributed by atoms with Crippen molar-refractivity contribution < 1.29 is 17.2 Å². The van der Waals surface area contributed by atoms with Gasteiger partial charge in [-0.1, -0.05) is 11.6 Å². The quantitative estimate of drug-likeness (QED) is 0.687. The van der Waals surface area contributed by atoms with Crippen LogP contribution in [0.25, 0.3) is 0 Å². The van der Waals surface area contributed by atoms with Crippen molar-refractivity contribution in [2.45, 2.75) is 17.4 Å². The Bertz CT molecular complexity index is 877. The third-order valence-corrected chi connectivity index (χ3v) is 6.35. The summed E-state index contributed by atoms with van der Waals surface area (Å²) in [4.78, 5) is 4.13. The number of nitrogens with zero attached hydrogens (tertiary/aromatic N) is 3. The largest absolute Gasteiger partial charge is 0.369 e. The maximum Gasteiger partial charge on any atom is 0.269 e. The fourth-order valence-electron chi connectivity index (χ4n) is 2.62. The van der Waals surface area contributed by atoms with E-state index in [2.05, 4.69) is 14.7 Å². The van der Waals surface area contributed by atoms with E-state index in [1.165, 1.54) is 0 Å². The molecule has 2 aromatic rings. The van der Waals surface area contributed by atoms with Crippen LogP contribution in [0.5, 0.6) is 0 Å². The average molecular weight is 446 g/mol. The zero-order chi connectivity index (χ0) is 18.2. The van der Waals surface area contributed by atoms with E-state index in [4.69, 9.17) is 11.6 Å². The van der Waals surface area contributed by atoms with Crippen LogP contribution < -0.4 is 14.9 Å². The normalized spacial score (nSPS) is 17.0. The van der Waals surface area contributed by atoms with Crippen molar-refractivity contribution in [3.8, 4) is 0 Å². The Morgan fingerprint density at radius 2 is 2.19 bits per heavy atom. The fourth-order valence-corrected chi connectivity index (χ4v) is 4.76. The van der Waals surface area contributed by atoms with Crippen LogP contribution in [0, 0.1) is 11.6 Å². The molecule has 7 nitrogen and oxygen atoms in total. The number of nitrogens with one attached hydrogen (secondary N) is 2. The van der Waals surface area contributed by atoms with Gasteiger partial charge >= 0.3 is 0 Å². The van der Waals surface area contributed by atoms with E-state index in [1.54, 1.807) is 11.9 Å². The Balaban J connectivity index is 0.00000243. The molecule has 0 spiro atoms. The van der Waals surface area contributed by atoms with E-state index in [9.17, 15) is 17.2 Å². The maximum atomic E-state index is 14.6. The second-order valence-corrected chi connectivity index (χ2v) is 8.22. The van der Waals surface area contributed by atoms with Crippen molar-refractivity contribution in [1.82, 2.24) is 14.7 Å². The first-order valence-corrected chi connectivity index (χ1v) is 9.85. The number of sulfonamides is 1. The topological polar surface area (TPSA) is 87.2 Å². The van der Waals surface area contributed by atoms with Crippen LogP contribution in [0.2, 0.25) is 5.02 Å². The number of aromatic nitrogens is 2. The zero-order valence-corrected chi connectivity index (χ0v) is 16.6. The minimum atomic E-state index is -4.54. The number of hydrogen-bond acceptors (Lipinski definition) is 7. The molecule has 2 N–H and O–H groups in total. The Morgan fingerprint density at radius 3 is 2.77 bits per heavy atom. The van der Waals surface area contributed by atoms with Gasteiger partial charge in [-0.2, -0.15) is 4.37 Å². The molecule has 1 fully saturated rings. The van der Waals surface area contributed by atoms with Gasteiger partial charge in [0, 0.05) is 37.2 Å². The lowest BCUT2D eigenvalue weighted by Gasteiger charge is -2.27. The predicted molar refractivity (Wildman–Crippen MR) is 99.0 cm³/mol. The summed E-state index contributed by atoms with van der Waals surface area (Å²) >= 11 is 6.75. The van der Waals surface area contributed by atoms with E-state index < -0.39 is 31.6 Å². The van der Waals surface area contributed by atoms with E-state index in [1.807, 2.05) is 4.72 Å². The third-order valence-electron chi connectivity index (χ3n) is 3.91. The lowest BCUT2D eigenvalue weighted by Crippen LogP contribution is -2.34. The average Bonchev–Trinajstić information content (AvgIpc) is 3.22. The third kappa shape index (κ3) is 4.01. The zero-order valence-electron chi connectivity index (χ0n) is 13.4. The van der Waals surface area contributed by atoms with Gasteiger partial charge in [0.05, 0.1) is 5.69 Å². The number of halogens is 4. The van der Waals surface area contributed by atoms with Gasteiger partial charge in [0.2, 0.25) is 5.13 Å². The van der Waals surface area contributed by atoms with Crippen molar-refractivity contribution in [2.24, 2.45) is 0 Å². The van der Waals surface area contributed by atoms with Crippen molar-refractivity contribution >= 4 is 56.4 Å². The second-order valence-electron chi connectivity index (χ2n) is 5.44. The minimum absolute atomic E-state index is 0. The first-order valence-electron chi connectivity index (χ1n) is 7.22. The molecule has 2 heterocycles. The Morgan fingerprint density at radius 1 is 1.46 bits per heavy atom. The van der Waals surface area contributed by atoms with Crippen LogP contribution >= 0.6 is 35.5 Å². The smallest absolute Gasteiger partial charge is 0.269 e. The standard InChI is InChI=1S/C13H14ClF2N5O2S2.ClH/c1-21(7-2-3-17-5-7)9-4-8(15)12(11(16)10(9)14)25(22,23)20-13-18-6-19-24-13;/h4,6-7,17H,2-3,5H2,1H3,(H,18,19,20);1H/t7-;/m0./s1. The molecule has 1 atom stereocenters. The molecule has 0 amide bonds. The highest BCUT2D eigenvalue weighted by Gasteiger charge is 2.31. The molecule has 0 saturated carbocycles. The summed E-state index contributed by atoms with van der Waals surface area (Å²) < 4.78 is 59.3. The number of likely N-dealkylation sites (N-methyl/N-ethyl adjacent to an activating group) is 1. The summed E-state index contributed by atoms with van der Waals surface area (Å²) in [6, 6.07) is 0.941. The first-order chi connectivity index (χ1) is 11.8. The van der Waals surface area contributed by atoms with Crippen LogP contribution in [-0.2, 0) is 10.0 Å². The van der Waals surface area contributed by atoms with Crippen LogP contribution in [-0.4, -0.2) is 44.0 Å². The number of benzene rings is 1. The van der Waals surface area contributed by atoms with Gasteiger partial charge in [0.15, 0.2) is 10.7 Å². The molecule has 0 unspecified atom stereocenters. The van der Waals surface area contributed by atoms with Gasteiger partial charge in [0.25, 0.3) is 10.0 Å². The van der Waals surface area contributed by atoms with Crippen LogP contribution in [0.1, 0.15) is 6.42 Å². The summed E-state index contributed by atoms with van der Waals surface area (Å²) in [5.41, 5.74) is 0.0974. The van der Waals surface area contributed by atoms with E-state index >= 15 is 0 Å². The molecule has 1 aromatic carbocycles. The molecular formula is C13H15Cl2F2N5O2S2. The molecular weight excluding hydrogens is 431 g/mol. The van der Waals surface area contributed by atoms with Crippen LogP contribution in [0.15, 0.2) is 17.3 Å². The Labute approximate surface area is 164 Å². The van der Waals surface area contributed by atoms with Gasteiger partial charge < -0.3 is 10.2 Å². The van der Waals surface area contributed by atoms with Crippen molar-refractivity contribution in [2.75, 3.05) is 29.8 Å². The van der Waals surface area contributed by atoms with Crippen molar-refractivity contribution in [3.05, 3.63) is 29.1 Å². The molecule has 0 radical (unpaired) electrons. The molecule has 1 aliphatic rings. The lowest BCUT2D eigenvalue weighted by atomic mass is 10.2. The molecule has 144 valence electrons. The van der Waals surface area contributed by atoms with Gasteiger partial charge in [-0.05, 0) is 13.0 Å². The summed E-state index contributed by atoms with van der Waals surface area (Å²) in [6.45, 7) is 1.44. The Hall–Kier alpha value is -1.27. The summed E-state index contributed by atoms with van der Waals surface area (Å²) in [7, 11) is -2.88. The second kappa shape index (κ2) is 8.17. The van der Waals surface area contributed by atoms with Crippen LogP contribution in [0.4, 0.5) is 19.6 Å². The molecule has 0 aliphatic carbocycles. The van der Waals surface area contributed by atoms with E-state index in [0.717, 1.165) is 36.9 Å². The van der Waals surface area contributed by atoms with Crippen molar-refractivity contribution in [1.29, 1.82) is 0 Å². The number of rotatable bonds is 5. The predicted octanol–water partition coefficient (Wildman–Crippen LogP) is 2.49. The molecule has 3 rings (SSSR count). The highest BCUT2D eigenvalue weighted by Crippen LogP contribution is 2.36. The molecule has 0 bridgehead atoms. The fraction of sp³-hybridized carbons (Fsp3) is 0.385.